The second-order valence-electron chi connectivity index (χ2n) is 4.12. The van der Waals surface area contributed by atoms with E-state index >= 15 is 0 Å². The molecule has 0 aliphatic rings. The molecule has 1 aromatic carbocycles. The normalized spacial score (nSPS) is 13.4. The maximum absolute atomic E-state index is 12.4. The predicted octanol–water partition coefficient (Wildman–Crippen LogP) is 3.66. The number of benzene rings is 1. The number of rotatable bonds is 4. The maximum Gasteiger partial charge on any atom is 0.416 e. The molecule has 2 rings (SSSR count). The Balaban J connectivity index is 1.97. The zero-order chi connectivity index (χ0) is 14.8. The van der Waals surface area contributed by atoms with Crippen molar-refractivity contribution in [2.24, 2.45) is 5.73 Å². The Kier molecular flexibility index (Phi) is 4.66. The third-order valence-corrected chi connectivity index (χ3v) is 4.65. The van der Waals surface area contributed by atoms with Gasteiger partial charge in [-0.05, 0) is 24.6 Å². The van der Waals surface area contributed by atoms with E-state index in [1.54, 1.807) is 0 Å². The van der Waals surface area contributed by atoms with Crippen LogP contribution in [0.4, 0.5) is 13.2 Å². The topological polar surface area (TPSA) is 51.8 Å². The summed E-state index contributed by atoms with van der Waals surface area (Å²) < 4.78 is 38.1. The van der Waals surface area contributed by atoms with Gasteiger partial charge in [-0.2, -0.15) is 13.2 Å². The van der Waals surface area contributed by atoms with Crippen molar-refractivity contribution in [3.05, 3.63) is 40.4 Å². The minimum atomic E-state index is -4.32. The summed E-state index contributed by atoms with van der Waals surface area (Å²) in [5.74, 6) is 0.542. The van der Waals surface area contributed by atoms with Crippen LogP contribution in [0.1, 0.15) is 22.2 Å². The second-order valence-corrected chi connectivity index (χ2v) is 6.57. The van der Waals surface area contributed by atoms with Crippen LogP contribution < -0.4 is 5.73 Å². The monoisotopic (exact) mass is 319 g/mol. The van der Waals surface area contributed by atoms with E-state index in [-0.39, 0.29) is 6.04 Å². The number of hydrogen-bond donors (Lipinski definition) is 1. The van der Waals surface area contributed by atoms with Crippen LogP contribution in [0.15, 0.2) is 28.6 Å². The number of aromatic nitrogens is 2. The number of halogens is 3. The lowest BCUT2D eigenvalue weighted by atomic mass is 10.1. The molecule has 0 aliphatic heterocycles. The van der Waals surface area contributed by atoms with Crippen molar-refractivity contribution in [2.45, 2.75) is 23.5 Å². The number of nitrogens with two attached hydrogens (primary N) is 1. The Morgan fingerprint density at radius 2 is 1.90 bits per heavy atom. The lowest BCUT2D eigenvalue weighted by Gasteiger charge is -2.12. The lowest BCUT2D eigenvalue weighted by Crippen LogP contribution is -2.13. The fourth-order valence-corrected chi connectivity index (χ4v) is 3.34. The van der Waals surface area contributed by atoms with Gasteiger partial charge in [0, 0.05) is 11.8 Å². The van der Waals surface area contributed by atoms with E-state index in [1.807, 2.05) is 6.92 Å². The highest BCUT2D eigenvalue weighted by molar-refractivity contribution is 8.01. The van der Waals surface area contributed by atoms with Crippen LogP contribution in [0.5, 0.6) is 0 Å². The Hall–Kier alpha value is -1.12. The van der Waals surface area contributed by atoms with Crippen molar-refractivity contribution in [3.63, 3.8) is 0 Å². The summed E-state index contributed by atoms with van der Waals surface area (Å²) in [6.07, 6.45) is -4.32. The van der Waals surface area contributed by atoms with Gasteiger partial charge in [-0.1, -0.05) is 35.2 Å². The molecule has 0 spiro atoms. The van der Waals surface area contributed by atoms with Gasteiger partial charge in [0.05, 0.1) is 5.56 Å². The molecule has 0 bridgehead atoms. The van der Waals surface area contributed by atoms with Gasteiger partial charge in [0.2, 0.25) is 0 Å². The minimum absolute atomic E-state index is 0.341. The summed E-state index contributed by atoms with van der Waals surface area (Å²) in [7, 11) is 0. The van der Waals surface area contributed by atoms with Gasteiger partial charge in [-0.15, -0.1) is 10.2 Å². The molecular weight excluding hydrogens is 307 g/mol. The van der Waals surface area contributed by atoms with Crippen LogP contribution >= 0.6 is 23.1 Å². The third kappa shape index (κ3) is 3.94. The Labute approximate surface area is 122 Å². The van der Waals surface area contributed by atoms with Crippen molar-refractivity contribution in [1.82, 2.24) is 10.2 Å². The summed E-state index contributed by atoms with van der Waals surface area (Å²) in [6, 6.07) is 4.59. The van der Waals surface area contributed by atoms with E-state index in [1.165, 1.54) is 35.2 Å². The van der Waals surface area contributed by atoms with E-state index in [0.29, 0.717) is 11.3 Å². The van der Waals surface area contributed by atoms with Crippen molar-refractivity contribution < 1.29 is 13.2 Å². The van der Waals surface area contributed by atoms with Crippen LogP contribution in [-0.4, -0.2) is 16.0 Å². The molecule has 1 heterocycles. The molecule has 2 aromatic rings. The zero-order valence-electron chi connectivity index (χ0n) is 10.5. The average molecular weight is 319 g/mol. The SMILES string of the molecule is Cc1nnc(SCC(N)c2ccc(C(F)(F)F)cc2)s1. The van der Waals surface area contributed by atoms with Gasteiger partial charge >= 0.3 is 6.18 Å². The van der Waals surface area contributed by atoms with Gasteiger partial charge in [-0.3, -0.25) is 0 Å². The van der Waals surface area contributed by atoms with Gasteiger partial charge in [0.25, 0.3) is 0 Å². The molecule has 8 heteroatoms. The molecular formula is C12H12F3N3S2. The van der Waals surface area contributed by atoms with E-state index < -0.39 is 11.7 Å². The molecule has 20 heavy (non-hydrogen) atoms. The average Bonchev–Trinajstić information content (AvgIpc) is 2.81. The molecule has 1 unspecified atom stereocenters. The summed E-state index contributed by atoms with van der Waals surface area (Å²) in [6.45, 7) is 1.86. The van der Waals surface area contributed by atoms with Gasteiger partial charge in [-0.25, -0.2) is 0 Å². The highest BCUT2D eigenvalue weighted by Gasteiger charge is 2.30. The zero-order valence-corrected chi connectivity index (χ0v) is 12.1. The molecule has 3 nitrogen and oxygen atoms in total. The Morgan fingerprint density at radius 3 is 2.40 bits per heavy atom. The smallest absolute Gasteiger partial charge is 0.323 e. The molecule has 0 radical (unpaired) electrons. The number of thioether (sulfide) groups is 1. The summed E-state index contributed by atoms with van der Waals surface area (Å²) >= 11 is 2.92. The molecule has 0 fully saturated rings. The van der Waals surface area contributed by atoms with Crippen molar-refractivity contribution in [3.8, 4) is 0 Å². The van der Waals surface area contributed by atoms with Crippen LogP contribution in [-0.2, 0) is 6.18 Å². The second kappa shape index (κ2) is 6.11. The van der Waals surface area contributed by atoms with Crippen LogP contribution in [0.2, 0.25) is 0 Å². The molecule has 108 valence electrons. The van der Waals surface area contributed by atoms with Crippen molar-refractivity contribution >= 4 is 23.1 Å². The van der Waals surface area contributed by atoms with E-state index in [0.717, 1.165) is 21.5 Å². The first-order valence-electron chi connectivity index (χ1n) is 5.72. The fourth-order valence-electron chi connectivity index (χ4n) is 1.51. The maximum atomic E-state index is 12.4. The Morgan fingerprint density at radius 1 is 1.25 bits per heavy atom. The first-order chi connectivity index (χ1) is 9.36. The van der Waals surface area contributed by atoms with Crippen LogP contribution in [0.3, 0.4) is 0 Å². The first-order valence-corrected chi connectivity index (χ1v) is 7.52. The molecule has 0 amide bonds. The molecule has 0 saturated carbocycles. The number of hydrogen-bond acceptors (Lipinski definition) is 5. The summed E-state index contributed by atoms with van der Waals surface area (Å²) in [5.41, 5.74) is 5.97. The van der Waals surface area contributed by atoms with Crippen molar-refractivity contribution in [1.29, 1.82) is 0 Å². The summed E-state index contributed by atoms with van der Waals surface area (Å²) in [4.78, 5) is 0. The molecule has 1 aromatic heterocycles. The van der Waals surface area contributed by atoms with Crippen LogP contribution in [0, 0.1) is 6.92 Å². The van der Waals surface area contributed by atoms with Gasteiger partial charge in [0.15, 0.2) is 4.34 Å². The molecule has 0 saturated heterocycles. The number of alkyl halides is 3. The highest BCUT2D eigenvalue weighted by Crippen LogP contribution is 2.31. The highest BCUT2D eigenvalue weighted by atomic mass is 32.2. The van der Waals surface area contributed by atoms with E-state index in [4.69, 9.17) is 5.73 Å². The number of aryl methyl sites for hydroxylation is 1. The van der Waals surface area contributed by atoms with Gasteiger partial charge in [0.1, 0.15) is 5.01 Å². The van der Waals surface area contributed by atoms with E-state index in [2.05, 4.69) is 10.2 Å². The molecule has 0 aliphatic carbocycles. The third-order valence-electron chi connectivity index (χ3n) is 2.56. The fraction of sp³-hybridized carbons (Fsp3) is 0.333. The number of nitrogens with zero attached hydrogens (tertiary/aromatic N) is 2. The largest absolute Gasteiger partial charge is 0.416 e. The molecule has 2 N–H and O–H groups in total. The lowest BCUT2D eigenvalue weighted by molar-refractivity contribution is -0.137. The predicted molar refractivity (Wildman–Crippen MR) is 73.7 cm³/mol. The first kappa shape index (κ1) is 15.3. The summed E-state index contributed by atoms with van der Waals surface area (Å²) in [5, 5.41) is 8.71. The minimum Gasteiger partial charge on any atom is -0.323 e. The standard InChI is InChI=1S/C12H12F3N3S2/c1-7-17-18-11(20-7)19-6-10(16)8-2-4-9(5-3-8)12(13,14)15/h2-5,10H,6,16H2,1H3. The Bertz CT molecular complexity index is 566. The van der Waals surface area contributed by atoms with E-state index in [9.17, 15) is 13.2 Å². The van der Waals surface area contributed by atoms with Crippen molar-refractivity contribution in [2.75, 3.05) is 5.75 Å². The van der Waals surface area contributed by atoms with Gasteiger partial charge < -0.3 is 5.73 Å². The molecule has 1 atom stereocenters. The van der Waals surface area contributed by atoms with Crippen LogP contribution in [0.25, 0.3) is 0 Å². The quantitative estimate of drug-likeness (QED) is 0.874.